The van der Waals surface area contributed by atoms with E-state index in [1.165, 1.54) is 25.3 Å². The van der Waals surface area contributed by atoms with Crippen LogP contribution >= 0.6 is 0 Å². The molecule has 0 spiro atoms. The molecule has 27 heavy (non-hydrogen) atoms. The number of carboxylic acids is 3. The number of phenolic OH excluding ortho intramolecular Hbond substituents is 1. The fraction of sp³-hybridized carbons (Fsp3) is 0.250. The van der Waals surface area contributed by atoms with Crippen LogP contribution in [0.4, 0.5) is 0 Å². The Kier molecular flexibility index (Phi) is 6.28. The first kappa shape index (κ1) is 21.6. The van der Waals surface area contributed by atoms with E-state index in [9.17, 15) is 34.5 Å². The molecule has 0 heterocycles. The third-order valence-corrected chi connectivity index (χ3v) is 3.66. The summed E-state index contributed by atoms with van der Waals surface area (Å²) in [5.41, 5.74) is -7.63. The van der Waals surface area contributed by atoms with E-state index in [1.807, 2.05) is 0 Å². The summed E-state index contributed by atoms with van der Waals surface area (Å²) in [5, 5.41) is 56.6. The predicted molar refractivity (Wildman–Crippen MR) is 86.1 cm³/mol. The minimum Gasteiger partial charge on any atom is -0.504 e. The smallest absolute Gasteiger partial charge is 0.347 e. The van der Waals surface area contributed by atoms with Crippen LogP contribution in [0.2, 0.25) is 0 Å². The maximum Gasteiger partial charge on any atom is 0.347 e. The highest BCUT2D eigenvalue weighted by molar-refractivity contribution is 6.17. The largest absolute Gasteiger partial charge is 0.504 e. The van der Waals surface area contributed by atoms with Crippen LogP contribution in [0.1, 0.15) is 12.0 Å². The van der Waals surface area contributed by atoms with E-state index in [-0.39, 0.29) is 17.1 Å². The molecule has 1 aromatic rings. The lowest BCUT2D eigenvalue weighted by molar-refractivity contribution is -0.208. The molecule has 0 aliphatic carbocycles. The molecule has 1 aromatic carbocycles. The fourth-order valence-electron chi connectivity index (χ4n) is 2.15. The number of ether oxygens (including phenoxy) is 1. The van der Waals surface area contributed by atoms with Gasteiger partial charge in [-0.3, -0.25) is 9.59 Å². The Morgan fingerprint density at radius 2 is 1.67 bits per heavy atom. The van der Waals surface area contributed by atoms with Crippen molar-refractivity contribution in [2.75, 3.05) is 7.11 Å². The molecule has 2 atom stereocenters. The first-order chi connectivity index (χ1) is 12.4. The third kappa shape index (κ3) is 4.04. The van der Waals surface area contributed by atoms with E-state index >= 15 is 0 Å². The SMILES string of the molecule is COc1cc(/C=C/C(=O)C(O)(C(=O)O)C(O)(CC(=O)O)C(=O)O)ccc1O. The van der Waals surface area contributed by atoms with Gasteiger partial charge in [-0.2, -0.15) is 0 Å². The molecule has 11 nitrogen and oxygen atoms in total. The summed E-state index contributed by atoms with van der Waals surface area (Å²) in [6.45, 7) is 0. The topological polar surface area (TPSA) is 199 Å². The summed E-state index contributed by atoms with van der Waals surface area (Å²) in [6, 6.07) is 3.70. The van der Waals surface area contributed by atoms with Crippen molar-refractivity contribution in [1.29, 1.82) is 0 Å². The van der Waals surface area contributed by atoms with E-state index < -0.39 is 41.3 Å². The molecule has 1 rings (SSSR count). The zero-order valence-electron chi connectivity index (χ0n) is 13.8. The van der Waals surface area contributed by atoms with Crippen LogP contribution in [-0.4, -0.2) is 72.6 Å². The average Bonchev–Trinajstić information content (AvgIpc) is 2.58. The average molecular weight is 384 g/mol. The number of aliphatic carboxylic acids is 3. The number of carboxylic acid groups (broad SMARTS) is 3. The van der Waals surface area contributed by atoms with Crippen molar-refractivity contribution < 1.29 is 54.6 Å². The summed E-state index contributed by atoms with van der Waals surface area (Å²) in [6.07, 6.45) is -0.352. The molecule has 2 unspecified atom stereocenters. The van der Waals surface area contributed by atoms with Crippen molar-refractivity contribution in [2.45, 2.75) is 17.6 Å². The van der Waals surface area contributed by atoms with E-state index in [2.05, 4.69) is 0 Å². The van der Waals surface area contributed by atoms with Crippen LogP contribution in [-0.2, 0) is 19.2 Å². The first-order valence-corrected chi connectivity index (χ1v) is 7.13. The highest BCUT2D eigenvalue weighted by Gasteiger charge is 2.65. The molecule has 0 fully saturated rings. The normalized spacial score (nSPS) is 15.5. The zero-order valence-corrected chi connectivity index (χ0v) is 13.8. The Balaban J connectivity index is 3.37. The molecule has 0 saturated carbocycles. The Hall–Kier alpha value is -3.44. The van der Waals surface area contributed by atoms with E-state index in [4.69, 9.17) is 20.1 Å². The third-order valence-electron chi connectivity index (χ3n) is 3.66. The molecular weight excluding hydrogens is 368 g/mol. The van der Waals surface area contributed by atoms with Gasteiger partial charge in [0.1, 0.15) is 0 Å². The van der Waals surface area contributed by atoms with Gasteiger partial charge in [0.15, 0.2) is 11.5 Å². The molecule has 0 radical (unpaired) electrons. The molecular formula is C16H16O11. The summed E-state index contributed by atoms with van der Waals surface area (Å²) >= 11 is 0. The second-order valence-electron chi connectivity index (χ2n) is 5.38. The number of rotatable bonds is 9. The number of methoxy groups -OCH3 is 1. The lowest BCUT2D eigenvalue weighted by Crippen LogP contribution is -2.68. The molecule has 0 bridgehead atoms. The Morgan fingerprint density at radius 1 is 1.07 bits per heavy atom. The molecule has 0 aliphatic heterocycles. The van der Waals surface area contributed by atoms with Crippen LogP contribution in [0.3, 0.4) is 0 Å². The fourth-order valence-corrected chi connectivity index (χ4v) is 2.15. The van der Waals surface area contributed by atoms with Gasteiger partial charge in [-0.1, -0.05) is 12.1 Å². The van der Waals surface area contributed by atoms with Gasteiger partial charge in [-0.05, 0) is 23.8 Å². The van der Waals surface area contributed by atoms with Gasteiger partial charge in [0.25, 0.3) is 5.60 Å². The second-order valence-corrected chi connectivity index (χ2v) is 5.38. The van der Waals surface area contributed by atoms with E-state index in [1.54, 1.807) is 0 Å². The van der Waals surface area contributed by atoms with Crippen molar-refractivity contribution in [2.24, 2.45) is 0 Å². The second kappa shape index (κ2) is 7.85. The number of carbonyl (C=O) groups excluding carboxylic acids is 1. The van der Waals surface area contributed by atoms with Gasteiger partial charge in [0, 0.05) is 0 Å². The lowest BCUT2D eigenvalue weighted by atomic mass is 9.76. The molecule has 0 aliphatic rings. The Morgan fingerprint density at radius 3 is 2.11 bits per heavy atom. The first-order valence-electron chi connectivity index (χ1n) is 7.13. The molecule has 0 aromatic heterocycles. The van der Waals surface area contributed by atoms with Gasteiger partial charge in [0.2, 0.25) is 11.4 Å². The number of ketones is 1. The highest BCUT2D eigenvalue weighted by atomic mass is 16.5. The van der Waals surface area contributed by atoms with Crippen molar-refractivity contribution in [1.82, 2.24) is 0 Å². The number of hydrogen-bond donors (Lipinski definition) is 6. The van der Waals surface area contributed by atoms with Crippen LogP contribution in [0.15, 0.2) is 24.3 Å². The summed E-state index contributed by atoms with van der Waals surface area (Å²) in [5.74, 6) is -8.84. The number of hydrogen-bond acceptors (Lipinski definition) is 8. The molecule has 0 saturated heterocycles. The quantitative estimate of drug-likeness (QED) is 0.227. The Labute approximate surface area is 151 Å². The molecule has 6 N–H and O–H groups in total. The van der Waals surface area contributed by atoms with E-state index in [0.29, 0.717) is 6.08 Å². The predicted octanol–water partition coefficient (Wildman–Crippen LogP) is -0.911. The number of carbonyl (C=O) groups is 4. The van der Waals surface area contributed by atoms with Crippen LogP contribution in [0, 0.1) is 0 Å². The number of aromatic hydroxyl groups is 1. The summed E-state index contributed by atoms with van der Waals surface area (Å²) in [7, 11) is 1.25. The van der Waals surface area contributed by atoms with Crippen molar-refractivity contribution in [3.63, 3.8) is 0 Å². The monoisotopic (exact) mass is 384 g/mol. The van der Waals surface area contributed by atoms with Crippen molar-refractivity contribution in [3.8, 4) is 11.5 Å². The number of aliphatic hydroxyl groups is 2. The Bertz CT molecular complexity index is 813. The maximum absolute atomic E-state index is 12.2. The minimum atomic E-state index is -3.98. The number of phenols is 1. The standard InChI is InChI=1S/C16H16O11/c1-27-10-6-8(2-4-9(10)17)3-5-11(18)16(26,14(23)24)15(25,13(21)22)7-12(19)20/h2-6,17,25-26H,7H2,1H3,(H,19,20)(H,21,22)(H,23,24)/b5-3+. The van der Waals surface area contributed by atoms with Gasteiger partial charge >= 0.3 is 17.9 Å². The minimum absolute atomic E-state index is 0.00557. The summed E-state index contributed by atoms with van der Waals surface area (Å²) < 4.78 is 4.83. The van der Waals surface area contributed by atoms with Crippen LogP contribution in [0.25, 0.3) is 6.08 Å². The molecule has 0 amide bonds. The van der Waals surface area contributed by atoms with Gasteiger partial charge < -0.3 is 35.4 Å². The van der Waals surface area contributed by atoms with Crippen LogP contribution in [0.5, 0.6) is 11.5 Å². The zero-order chi connectivity index (χ0) is 21.0. The maximum atomic E-state index is 12.2. The van der Waals surface area contributed by atoms with Gasteiger partial charge in [-0.25, -0.2) is 9.59 Å². The lowest BCUT2D eigenvalue weighted by Gasteiger charge is -2.33. The van der Waals surface area contributed by atoms with Crippen molar-refractivity contribution in [3.05, 3.63) is 29.8 Å². The van der Waals surface area contributed by atoms with Crippen LogP contribution < -0.4 is 4.74 Å². The number of benzene rings is 1. The molecule has 146 valence electrons. The highest BCUT2D eigenvalue weighted by Crippen LogP contribution is 2.30. The molecule has 11 heteroatoms. The summed E-state index contributed by atoms with van der Waals surface area (Å²) in [4.78, 5) is 45.6. The van der Waals surface area contributed by atoms with Crippen molar-refractivity contribution >= 4 is 29.8 Å². The van der Waals surface area contributed by atoms with Gasteiger partial charge in [0.05, 0.1) is 13.5 Å². The van der Waals surface area contributed by atoms with Gasteiger partial charge in [-0.15, -0.1) is 0 Å². The van der Waals surface area contributed by atoms with E-state index in [0.717, 1.165) is 6.08 Å².